The molecule has 0 aliphatic heterocycles. The molecule has 27 heavy (non-hydrogen) atoms. The van der Waals surface area contributed by atoms with E-state index in [0.717, 1.165) is 0 Å². The van der Waals surface area contributed by atoms with Crippen LogP contribution in [0.15, 0.2) is 57.9 Å². The molecule has 0 aliphatic rings. The average molecular weight is 406 g/mol. The Bertz CT molecular complexity index is 1090. The number of anilines is 2. The first kappa shape index (κ1) is 18.9. The number of halogens is 1. The number of sulfonamides is 1. The van der Waals surface area contributed by atoms with Crippen LogP contribution in [-0.2, 0) is 10.0 Å². The zero-order valence-electron chi connectivity index (χ0n) is 14.5. The molecule has 7 nitrogen and oxygen atoms in total. The molecule has 0 aliphatic carbocycles. The van der Waals surface area contributed by atoms with E-state index < -0.39 is 15.9 Å². The number of aryl methyl sites for hydroxylation is 2. The van der Waals surface area contributed by atoms with E-state index in [2.05, 4.69) is 15.2 Å². The van der Waals surface area contributed by atoms with Gasteiger partial charge < -0.3 is 9.84 Å². The lowest BCUT2D eigenvalue weighted by atomic mass is 10.2. The first-order valence-corrected chi connectivity index (χ1v) is 9.75. The van der Waals surface area contributed by atoms with Crippen LogP contribution in [0.1, 0.15) is 21.8 Å². The van der Waals surface area contributed by atoms with Crippen molar-refractivity contribution in [1.82, 2.24) is 5.16 Å². The molecule has 0 atom stereocenters. The molecule has 0 spiro atoms. The fourth-order valence-corrected chi connectivity index (χ4v) is 3.85. The van der Waals surface area contributed by atoms with E-state index in [9.17, 15) is 13.2 Å². The molecule has 3 aromatic rings. The van der Waals surface area contributed by atoms with Crippen molar-refractivity contribution in [2.24, 2.45) is 0 Å². The number of nitrogens with zero attached hydrogens (tertiary/aromatic N) is 1. The monoisotopic (exact) mass is 405 g/mol. The van der Waals surface area contributed by atoms with Crippen LogP contribution >= 0.6 is 11.6 Å². The molecule has 2 N–H and O–H groups in total. The highest BCUT2D eigenvalue weighted by molar-refractivity contribution is 7.92. The number of rotatable bonds is 5. The Morgan fingerprint density at radius 1 is 1.11 bits per heavy atom. The van der Waals surface area contributed by atoms with Gasteiger partial charge in [0.15, 0.2) is 0 Å². The number of benzene rings is 2. The summed E-state index contributed by atoms with van der Waals surface area (Å²) < 4.78 is 32.7. The van der Waals surface area contributed by atoms with Crippen LogP contribution < -0.4 is 10.0 Å². The minimum absolute atomic E-state index is 0.0148. The van der Waals surface area contributed by atoms with Gasteiger partial charge in [0.1, 0.15) is 11.3 Å². The summed E-state index contributed by atoms with van der Waals surface area (Å²) in [4.78, 5) is 12.4. The van der Waals surface area contributed by atoms with Gasteiger partial charge in [-0.15, -0.1) is 0 Å². The van der Waals surface area contributed by atoms with Crippen molar-refractivity contribution < 1.29 is 17.7 Å². The number of aromatic nitrogens is 1. The SMILES string of the molecule is Cc1noc(C)c1C(=O)Nc1cccc(S(=O)(=O)Nc2ccccc2Cl)c1. The Morgan fingerprint density at radius 2 is 1.85 bits per heavy atom. The van der Waals surface area contributed by atoms with E-state index in [1.807, 2.05) is 0 Å². The fourth-order valence-electron chi connectivity index (χ4n) is 2.49. The predicted molar refractivity (Wildman–Crippen MR) is 103 cm³/mol. The third kappa shape index (κ3) is 4.12. The Labute approximate surface area is 161 Å². The summed E-state index contributed by atoms with van der Waals surface area (Å²) in [6.07, 6.45) is 0. The van der Waals surface area contributed by atoms with Crippen molar-refractivity contribution in [3.05, 3.63) is 70.6 Å². The lowest BCUT2D eigenvalue weighted by Crippen LogP contribution is -2.16. The molecule has 3 rings (SSSR count). The molecule has 1 amide bonds. The minimum Gasteiger partial charge on any atom is -0.361 e. The molecular weight excluding hydrogens is 390 g/mol. The normalized spacial score (nSPS) is 11.2. The van der Waals surface area contributed by atoms with E-state index in [1.165, 1.54) is 18.2 Å². The van der Waals surface area contributed by atoms with Crippen LogP contribution in [-0.4, -0.2) is 19.5 Å². The van der Waals surface area contributed by atoms with Gasteiger partial charge in [0.05, 0.1) is 21.3 Å². The molecule has 1 heterocycles. The van der Waals surface area contributed by atoms with Crippen LogP contribution in [0.2, 0.25) is 5.02 Å². The lowest BCUT2D eigenvalue weighted by Gasteiger charge is -2.11. The molecule has 0 fully saturated rings. The van der Waals surface area contributed by atoms with Crippen molar-refractivity contribution in [3.8, 4) is 0 Å². The van der Waals surface area contributed by atoms with Gasteiger partial charge >= 0.3 is 0 Å². The van der Waals surface area contributed by atoms with E-state index in [-0.39, 0.29) is 15.6 Å². The van der Waals surface area contributed by atoms with Gasteiger partial charge in [-0.2, -0.15) is 0 Å². The van der Waals surface area contributed by atoms with Crippen molar-refractivity contribution in [1.29, 1.82) is 0 Å². The van der Waals surface area contributed by atoms with Gasteiger partial charge in [0.25, 0.3) is 15.9 Å². The molecule has 0 unspecified atom stereocenters. The van der Waals surface area contributed by atoms with Crippen molar-refractivity contribution in [2.45, 2.75) is 18.7 Å². The highest BCUT2D eigenvalue weighted by Crippen LogP contribution is 2.25. The summed E-state index contributed by atoms with van der Waals surface area (Å²) in [5.41, 5.74) is 1.36. The Balaban J connectivity index is 1.85. The highest BCUT2D eigenvalue weighted by atomic mass is 35.5. The topological polar surface area (TPSA) is 101 Å². The quantitative estimate of drug-likeness (QED) is 0.668. The second-order valence-corrected chi connectivity index (χ2v) is 7.86. The Kier molecular flexibility index (Phi) is 5.20. The van der Waals surface area contributed by atoms with Crippen molar-refractivity contribution in [3.63, 3.8) is 0 Å². The fraction of sp³-hybridized carbons (Fsp3) is 0.111. The average Bonchev–Trinajstić information content (AvgIpc) is 2.95. The molecule has 0 bridgehead atoms. The summed E-state index contributed by atoms with van der Waals surface area (Å²) in [7, 11) is -3.88. The van der Waals surface area contributed by atoms with Crippen molar-refractivity contribution >= 4 is 38.9 Å². The van der Waals surface area contributed by atoms with Gasteiger partial charge in [-0.05, 0) is 44.2 Å². The number of hydrogen-bond acceptors (Lipinski definition) is 5. The van der Waals surface area contributed by atoms with Crippen LogP contribution in [0, 0.1) is 13.8 Å². The van der Waals surface area contributed by atoms with Crippen LogP contribution in [0.3, 0.4) is 0 Å². The van der Waals surface area contributed by atoms with Crippen LogP contribution in [0.5, 0.6) is 0 Å². The maximum Gasteiger partial charge on any atom is 0.262 e. The zero-order valence-corrected chi connectivity index (χ0v) is 16.1. The third-order valence-electron chi connectivity index (χ3n) is 3.78. The molecule has 140 valence electrons. The maximum atomic E-state index is 12.6. The van der Waals surface area contributed by atoms with E-state index in [4.69, 9.17) is 16.1 Å². The number of para-hydroxylation sites is 1. The summed E-state index contributed by atoms with van der Waals surface area (Å²) >= 11 is 6.01. The van der Waals surface area contributed by atoms with Crippen LogP contribution in [0.4, 0.5) is 11.4 Å². The number of carbonyl (C=O) groups is 1. The molecule has 0 radical (unpaired) electrons. The maximum absolute atomic E-state index is 12.6. The number of nitrogens with one attached hydrogen (secondary N) is 2. The summed E-state index contributed by atoms with van der Waals surface area (Å²) in [6.45, 7) is 3.28. The van der Waals surface area contributed by atoms with Gasteiger partial charge in [0.2, 0.25) is 0 Å². The standard InChI is InChI=1S/C18H16ClN3O4S/c1-11-17(12(2)26-21-11)18(23)20-13-6-5-7-14(10-13)27(24,25)22-16-9-4-3-8-15(16)19/h3-10,22H,1-2H3,(H,20,23). The molecule has 1 aromatic heterocycles. The second kappa shape index (κ2) is 7.42. The minimum atomic E-state index is -3.88. The number of carbonyl (C=O) groups excluding carboxylic acids is 1. The third-order valence-corrected chi connectivity index (χ3v) is 5.47. The largest absolute Gasteiger partial charge is 0.361 e. The zero-order chi connectivity index (χ0) is 19.6. The second-order valence-electron chi connectivity index (χ2n) is 5.77. The van der Waals surface area contributed by atoms with Gasteiger partial charge in [-0.25, -0.2) is 8.42 Å². The highest BCUT2D eigenvalue weighted by Gasteiger charge is 2.19. The smallest absolute Gasteiger partial charge is 0.262 e. The Morgan fingerprint density at radius 3 is 2.52 bits per heavy atom. The summed E-state index contributed by atoms with van der Waals surface area (Å²) in [6, 6.07) is 12.4. The summed E-state index contributed by atoms with van der Waals surface area (Å²) in [5.74, 6) is -0.0472. The first-order chi connectivity index (χ1) is 12.8. The molecule has 2 aromatic carbocycles. The van der Waals surface area contributed by atoms with Gasteiger partial charge in [-0.3, -0.25) is 9.52 Å². The molecule has 9 heteroatoms. The number of amides is 1. The van der Waals surface area contributed by atoms with E-state index in [1.54, 1.807) is 44.2 Å². The van der Waals surface area contributed by atoms with Gasteiger partial charge in [0, 0.05) is 5.69 Å². The lowest BCUT2D eigenvalue weighted by molar-refractivity contribution is 0.102. The van der Waals surface area contributed by atoms with E-state index in [0.29, 0.717) is 22.7 Å². The number of hydrogen-bond donors (Lipinski definition) is 2. The Hall–Kier alpha value is -2.84. The van der Waals surface area contributed by atoms with E-state index >= 15 is 0 Å². The van der Waals surface area contributed by atoms with Crippen molar-refractivity contribution in [2.75, 3.05) is 10.0 Å². The molecular formula is C18H16ClN3O4S. The molecule has 0 saturated carbocycles. The van der Waals surface area contributed by atoms with Crippen LogP contribution in [0.25, 0.3) is 0 Å². The molecule has 0 saturated heterocycles. The van der Waals surface area contributed by atoms with Gasteiger partial charge in [-0.1, -0.05) is 35.0 Å². The summed E-state index contributed by atoms with van der Waals surface area (Å²) in [5, 5.41) is 6.67. The predicted octanol–water partition coefficient (Wildman–Crippen LogP) is 4.00. The first-order valence-electron chi connectivity index (χ1n) is 7.89.